The lowest BCUT2D eigenvalue weighted by Crippen LogP contribution is -2.28. The van der Waals surface area contributed by atoms with E-state index >= 15 is 0 Å². The Morgan fingerprint density at radius 2 is 1.43 bits per heavy atom. The zero-order valence-electron chi connectivity index (χ0n) is 12.1. The van der Waals surface area contributed by atoms with E-state index in [4.69, 9.17) is 0 Å². The van der Waals surface area contributed by atoms with Crippen molar-refractivity contribution >= 4 is 5.78 Å². The maximum absolute atomic E-state index is 13.0. The summed E-state index contributed by atoms with van der Waals surface area (Å²) < 4.78 is 0. The lowest BCUT2D eigenvalue weighted by molar-refractivity contribution is 0.0853. The molecule has 1 nitrogen and oxygen atoms in total. The molecular weight excluding hydrogens is 256 g/mol. The number of fused-ring (bicyclic) bond motifs is 2. The summed E-state index contributed by atoms with van der Waals surface area (Å²) in [5.41, 5.74) is 2.25. The zero-order chi connectivity index (χ0) is 14.2. The van der Waals surface area contributed by atoms with E-state index in [1.165, 1.54) is 24.8 Å². The molecule has 0 N–H and O–H groups in total. The summed E-state index contributed by atoms with van der Waals surface area (Å²) in [5.74, 6) is 2.27. The summed E-state index contributed by atoms with van der Waals surface area (Å²) in [6, 6.07) is 20.5. The van der Waals surface area contributed by atoms with E-state index < -0.39 is 0 Å². The standard InChI is InChI=1S/C20H20O/c21-20(15-9-5-2-6-10-15)19-17-12-11-16(13-17)18(19)14-7-3-1-4-8-14/h1-10,16-19H,11-13H2/t16-,17-,18-,19+/m0/s1. The first-order valence-electron chi connectivity index (χ1n) is 7.99. The van der Waals surface area contributed by atoms with Gasteiger partial charge in [-0.3, -0.25) is 4.79 Å². The molecule has 0 heterocycles. The monoisotopic (exact) mass is 276 g/mol. The van der Waals surface area contributed by atoms with Gasteiger partial charge >= 0.3 is 0 Å². The van der Waals surface area contributed by atoms with Crippen molar-refractivity contribution in [2.75, 3.05) is 0 Å². The fourth-order valence-corrected chi connectivity index (χ4v) is 4.62. The highest BCUT2D eigenvalue weighted by Crippen LogP contribution is 2.57. The third-order valence-corrected chi connectivity index (χ3v) is 5.46. The largest absolute Gasteiger partial charge is 0.294 e. The van der Waals surface area contributed by atoms with Crippen LogP contribution in [0.4, 0.5) is 0 Å². The van der Waals surface area contributed by atoms with Gasteiger partial charge < -0.3 is 0 Å². The summed E-state index contributed by atoms with van der Waals surface area (Å²) in [7, 11) is 0. The van der Waals surface area contributed by atoms with Gasteiger partial charge in [0.25, 0.3) is 0 Å². The Bertz CT molecular complexity index is 631. The smallest absolute Gasteiger partial charge is 0.166 e. The summed E-state index contributed by atoms with van der Waals surface area (Å²) in [6.45, 7) is 0. The van der Waals surface area contributed by atoms with Crippen LogP contribution < -0.4 is 0 Å². The highest BCUT2D eigenvalue weighted by atomic mass is 16.1. The van der Waals surface area contributed by atoms with E-state index in [0.717, 1.165) is 5.56 Å². The summed E-state index contributed by atoms with van der Waals surface area (Å²) >= 11 is 0. The van der Waals surface area contributed by atoms with E-state index in [1.807, 2.05) is 30.3 Å². The Kier molecular flexibility index (Phi) is 3.14. The van der Waals surface area contributed by atoms with E-state index in [-0.39, 0.29) is 5.92 Å². The number of carbonyl (C=O) groups excluding carboxylic acids is 1. The Labute approximate surface area is 126 Å². The molecule has 2 aliphatic carbocycles. The van der Waals surface area contributed by atoms with Gasteiger partial charge in [-0.15, -0.1) is 0 Å². The van der Waals surface area contributed by atoms with Crippen molar-refractivity contribution in [1.29, 1.82) is 0 Å². The molecule has 0 saturated heterocycles. The molecule has 0 unspecified atom stereocenters. The SMILES string of the molecule is O=C(c1ccccc1)[C@@H]1[C@H]2CC[C@@H](C2)[C@@H]1c1ccccc1. The van der Waals surface area contributed by atoms with Crippen LogP contribution in [0, 0.1) is 17.8 Å². The Hall–Kier alpha value is -1.89. The van der Waals surface area contributed by atoms with Gasteiger partial charge in [0, 0.05) is 11.5 Å². The Morgan fingerprint density at radius 1 is 0.810 bits per heavy atom. The molecule has 0 radical (unpaired) electrons. The molecule has 2 saturated carbocycles. The third kappa shape index (κ3) is 2.12. The molecule has 2 fully saturated rings. The molecule has 0 spiro atoms. The molecule has 1 heteroatoms. The predicted molar refractivity (Wildman–Crippen MR) is 84.3 cm³/mol. The lowest BCUT2D eigenvalue weighted by atomic mass is 9.72. The van der Waals surface area contributed by atoms with Crippen molar-refractivity contribution in [3.63, 3.8) is 0 Å². The number of Topliss-reactive ketones (excluding diaryl/α,β-unsaturated/α-hetero) is 1. The van der Waals surface area contributed by atoms with Gasteiger partial charge in [0.1, 0.15) is 0 Å². The van der Waals surface area contributed by atoms with Gasteiger partial charge in [-0.2, -0.15) is 0 Å². The van der Waals surface area contributed by atoms with Crippen LogP contribution in [-0.2, 0) is 0 Å². The van der Waals surface area contributed by atoms with Gasteiger partial charge in [0.05, 0.1) is 0 Å². The second-order valence-electron chi connectivity index (χ2n) is 6.53. The number of ketones is 1. The molecule has 21 heavy (non-hydrogen) atoms. The molecule has 106 valence electrons. The highest BCUT2D eigenvalue weighted by Gasteiger charge is 2.50. The molecule has 2 aliphatic rings. The van der Waals surface area contributed by atoms with Crippen LogP contribution in [0.2, 0.25) is 0 Å². The van der Waals surface area contributed by atoms with Gasteiger partial charge in [0.2, 0.25) is 0 Å². The van der Waals surface area contributed by atoms with Crippen molar-refractivity contribution in [1.82, 2.24) is 0 Å². The van der Waals surface area contributed by atoms with Gasteiger partial charge in [-0.25, -0.2) is 0 Å². The van der Waals surface area contributed by atoms with E-state index in [0.29, 0.717) is 23.5 Å². The molecule has 2 bridgehead atoms. The molecule has 2 aromatic rings. The van der Waals surface area contributed by atoms with Crippen molar-refractivity contribution in [3.8, 4) is 0 Å². The van der Waals surface area contributed by atoms with Crippen LogP contribution in [0.15, 0.2) is 60.7 Å². The summed E-state index contributed by atoms with van der Waals surface area (Å²) in [6.07, 6.45) is 3.77. The van der Waals surface area contributed by atoms with Gasteiger partial charge in [0.15, 0.2) is 5.78 Å². The average Bonchev–Trinajstić information content (AvgIpc) is 3.17. The molecule has 0 aliphatic heterocycles. The van der Waals surface area contributed by atoms with Crippen LogP contribution in [0.3, 0.4) is 0 Å². The molecule has 4 atom stereocenters. The molecule has 2 aromatic carbocycles. The number of benzene rings is 2. The Morgan fingerprint density at radius 3 is 2.14 bits per heavy atom. The van der Waals surface area contributed by atoms with Crippen LogP contribution in [0.25, 0.3) is 0 Å². The van der Waals surface area contributed by atoms with Crippen LogP contribution in [-0.4, -0.2) is 5.78 Å². The molecular formula is C20H20O. The quantitative estimate of drug-likeness (QED) is 0.743. The third-order valence-electron chi connectivity index (χ3n) is 5.46. The molecule has 0 amide bonds. The minimum absolute atomic E-state index is 0.188. The van der Waals surface area contributed by atoms with E-state index in [2.05, 4.69) is 30.3 Å². The number of hydrogen-bond donors (Lipinski definition) is 0. The highest BCUT2D eigenvalue weighted by molar-refractivity contribution is 5.99. The van der Waals surface area contributed by atoms with Gasteiger partial charge in [-0.1, -0.05) is 60.7 Å². The topological polar surface area (TPSA) is 17.1 Å². The van der Waals surface area contributed by atoms with Gasteiger partial charge in [-0.05, 0) is 42.6 Å². The minimum Gasteiger partial charge on any atom is -0.294 e. The second kappa shape index (κ2) is 5.14. The van der Waals surface area contributed by atoms with Crippen LogP contribution >= 0.6 is 0 Å². The maximum atomic E-state index is 13.0. The van der Waals surface area contributed by atoms with Crippen LogP contribution in [0.5, 0.6) is 0 Å². The minimum atomic E-state index is 0.188. The first-order valence-corrected chi connectivity index (χ1v) is 7.99. The van der Waals surface area contributed by atoms with E-state index in [9.17, 15) is 4.79 Å². The first kappa shape index (κ1) is 12.8. The summed E-state index contributed by atoms with van der Waals surface area (Å²) in [4.78, 5) is 13.0. The zero-order valence-corrected chi connectivity index (χ0v) is 12.1. The Balaban J connectivity index is 1.71. The average molecular weight is 276 g/mol. The van der Waals surface area contributed by atoms with Crippen molar-refractivity contribution in [2.24, 2.45) is 17.8 Å². The van der Waals surface area contributed by atoms with E-state index in [1.54, 1.807) is 0 Å². The maximum Gasteiger partial charge on any atom is 0.166 e. The fraction of sp³-hybridized carbons (Fsp3) is 0.350. The fourth-order valence-electron chi connectivity index (χ4n) is 4.62. The normalized spacial score (nSPS) is 30.5. The van der Waals surface area contributed by atoms with Crippen LogP contribution in [0.1, 0.15) is 41.1 Å². The predicted octanol–water partition coefficient (Wildman–Crippen LogP) is 4.70. The number of rotatable bonds is 3. The molecule has 0 aromatic heterocycles. The van der Waals surface area contributed by atoms with Crippen molar-refractivity contribution < 1.29 is 4.79 Å². The lowest BCUT2D eigenvalue weighted by Gasteiger charge is -2.30. The second-order valence-corrected chi connectivity index (χ2v) is 6.53. The summed E-state index contributed by atoms with van der Waals surface area (Å²) in [5, 5.41) is 0. The number of hydrogen-bond acceptors (Lipinski definition) is 1. The van der Waals surface area contributed by atoms with Crippen molar-refractivity contribution in [2.45, 2.75) is 25.2 Å². The molecule has 4 rings (SSSR count). The first-order chi connectivity index (χ1) is 10.3. The number of carbonyl (C=O) groups is 1. The van der Waals surface area contributed by atoms with Crippen molar-refractivity contribution in [3.05, 3.63) is 71.8 Å².